The fourth-order valence-electron chi connectivity index (χ4n) is 1.82. The summed E-state index contributed by atoms with van der Waals surface area (Å²) in [6.45, 7) is 3.25. The summed E-state index contributed by atoms with van der Waals surface area (Å²) in [5.74, 6) is 0.854. The Balaban J connectivity index is 2.20. The van der Waals surface area contributed by atoms with Crippen molar-refractivity contribution in [2.45, 2.75) is 19.5 Å². The molecular weight excluding hydrogens is 229 g/mol. The Morgan fingerprint density at radius 2 is 2.12 bits per heavy atom. The van der Waals surface area contributed by atoms with Gasteiger partial charge in [0.25, 0.3) is 0 Å². The lowest BCUT2D eigenvalue weighted by molar-refractivity contribution is -0.137. The molecule has 2 rings (SSSR count). The zero-order valence-electron chi connectivity index (χ0n) is 9.43. The fourth-order valence-corrected chi connectivity index (χ4v) is 1.82. The quantitative estimate of drug-likeness (QED) is 0.846. The lowest BCUT2D eigenvalue weighted by atomic mass is 10.0. The molecular formula is C12H13F3N2. The van der Waals surface area contributed by atoms with Crippen LogP contribution < -0.4 is 5.32 Å². The predicted molar refractivity (Wildman–Crippen MR) is 60.2 cm³/mol. The Labute approximate surface area is 97.6 Å². The third-order valence-corrected chi connectivity index (χ3v) is 2.77. The topological polar surface area (TPSA) is 24.4 Å². The first-order valence-electron chi connectivity index (χ1n) is 5.41. The van der Waals surface area contributed by atoms with Gasteiger partial charge >= 0.3 is 6.18 Å². The Hall–Kier alpha value is -1.52. The number of hydrogen-bond acceptors (Lipinski definition) is 2. The van der Waals surface area contributed by atoms with E-state index in [1.807, 2.05) is 0 Å². The maximum absolute atomic E-state index is 12.5. The first-order chi connectivity index (χ1) is 7.97. The number of rotatable bonds is 2. The molecule has 0 unspecified atom stereocenters. The molecule has 0 saturated carbocycles. The van der Waals surface area contributed by atoms with Crippen molar-refractivity contribution in [3.05, 3.63) is 34.9 Å². The van der Waals surface area contributed by atoms with Crippen molar-refractivity contribution in [1.29, 1.82) is 0 Å². The number of nitrogens with one attached hydrogen (secondary N) is 1. The Kier molecular flexibility index (Phi) is 3.09. The second-order valence-corrected chi connectivity index (χ2v) is 4.07. The van der Waals surface area contributed by atoms with Crippen molar-refractivity contribution in [2.75, 3.05) is 13.1 Å². The van der Waals surface area contributed by atoms with E-state index in [0.717, 1.165) is 30.6 Å². The highest BCUT2D eigenvalue weighted by molar-refractivity contribution is 5.85. The molecule has 0 fully saturated rings. The van der Waals surface area contributed by atoms with Crippen LogP contribution in [0.25, 0.3) is 0 Å². The minimum absolute atomic E-state index is 0.573. The second-order valence-electron chi connectivity index (χ2n) is 4.07. The van der Waals surface area contributed by atoms with E-state index >= 15 is 0 Å². The molecule has 92 valence electrons. The zero-order valence-corrected chi connectivity index (χ0v) is 9.43. The average molecular weight is 242 g/mol. The van der Waals surface area contributed by atoms with E-state index in [4.69, 9.17) is 0 Å². The van der Waals surface area contributed by atoms with Gasteiger partial charge in [-0.1, -0.05) is 6.07 Å². The summed E-state index contributed by atoms with van der Waals surface area (Å²) in [5.41, 5.74) is 0.933. The minimum Gasteiger partial charge on any atom is -0.372 e. The highest BCUT2D eigenvalue weighted by Gasteiger charge is 2.30. The molecule has 0 bridgehead atoms. The van der Waals surface area contributed by atoms with Crippen LogP contribution in [-0.4, -0.2) is 18.9 Å². The van der Waals surface area contributed by atoms with Gasteiger partial charge in [0.05, 0.1) is 12.1 Å². The highest BCUT2D eigenvalue weighted by atomic mass is 19.4. The van der Waals surface area contributed by atoms with E-state index in [2.05, 4.69) is 10.3 Å². The van der Waals surface area contributed by atoms with Crippen LogP contribution in [0.3, 0.4) is 0 Å². The second kappa shape index (κ2) is 4.39. The first kappa shape index (κ1) is 12.0. The van der Waals surface area contributed by atoms with Crippen LogP contribution in [0.2, 0.25) is 0 Å². The monoisotopic (exact) mass is 242 g/mol. The van der Waals surface area contributed by atoms with Crippen LogP contribution in [0.4, 0.5) is 13.2 Å². The van der Waals surface area contributed by atoms with Gasteiger partial charge in [-0.25, -0.2) is 0 Å². The van der Waals surface area contributed by atoms with Gasteiger partial charge in [0.15, 0.2) is 0 Å². The molecule has 1 N–H and O–H groups in total. The number of aryl methyl sites for hydroxylation is 1. The zero-order chi connectivity index (χ0) is 12.5. The van der Waals surface area contributed by atoms with Gasteiger partial charge in [-0.15, -0.1) is 0 Å². The van der Waals surface area contributed by atoms with Gasteiger partial charge in [0, 0.05) is 13.0 Å². The molecule has 1 heterocycles. The van der Waals surface area contributed by atoms with Crippen molar-refractivity contribution in [2.24, 2.45) is 4.99 Å². The van der Waals surface area contributed by atoms with Gasteiger partial charge in [-0.2, -0.15) is 13.2 Å². The van der Waals surface area contributed by atoms with Crippen LogP contribution in [0, 0.1) is 6.92 Å². The molecule has 1 aliphatic heterocycles. The number of halogens is 3. The Morgan fingerprint density at radius 1 is 1.35 bits per heavy atom. The summed E-state index contributed by atoms with van der Waals surface area (Å²) in [4.78, 5) is 4.23. The SMILES string of the molecule is Cc1cc(C(F)(F)F)ccc1CC1=NCCN1. The molecule has 1 aliphatic rings. The maximum Gasteiger partial charge on any atom is 0.416 e. The van der Waals surface area contributed by atoms with Crippen LogP contribution in [-0.2, 0) is 12.6 Å². The van der Waals surface area contributed by atoms with Crippen molar-refractivity contribution in [3.8, 4) is 0 Å². The van der Waals surface area contributed by atoms with Crippen molar-refractivity contribution in [1.82, 2.24) is 5.32 Å². The third kappa shape index (κ3) is 2.78. The minimum atomic E-state index is -4.27. The molecule has 0 amide bonds. The molecule has 5 heteroatoms. The molecule has 0 aliphatic carbocycles. The summed E-state index contributed by atoms with van der Waals surface area (Å²) in [7, 11) is 0. The molecule has 0 radical (unpaired) electrons. The van der Waals surface area contributed by atoms with Gasteiger partial charge in [0.2, 0.25) is 0 Å². The summed E-state index contributed by atoms with van der Waals surface area (Å²) in [5, 5.41) is 3.10. The first-order valence-corrected chi connectivity index (χ1v) is 5.41. The molecule has 0 aromatic heterocycles. The van der Waals surface area contributed by atoms with Crippen molar-refractivity contribution < 1.29 is 13.2 Å². The van der Waals surface area contributed by atoms with E-state index in [1.165, 1.54) is 12.1 Å². The summed E-state index contributed by atoms with van der Waals surface area (Å²) in [6.07, 6.45) is -3.70. The summed E-state index contributed by atoms with van der Waals surface area (Å²) < 4.78 is 37.4. The normalized spacial score (nSPS) is 15.6. The summed E-state index contributed by atoms with van der Waals surface area (Å²) in [6, 6.07) is 3.84. The van der Waals surface area contributed by atoms with E-state index in [9.17, 15) is 13.2 Å². The van der Waals surface area contributed by atoms with Gasteiger partial charge in [-0.05, 0) is 30.2 Å². The number of aliphatic imine (C=N–C) groups is 1. The van der Waals surface area contributed by atoms with Crippen LogP contribution in [0.1, 0.15) is 16.7 Å². The van der Waals surface area contributed by atoms with E-state index < -0.39 is 11.7 Å². The van der Waals surface area contributed by atoms with Crippen LogP contribution >= 0.6 is 0 Å². The predicted octanol–water partition coefficient (Wildman–Crippen LogP) is 2.56. The lowest BCUT2D eigenvalue weighted by Gasteiger charge is -2.11. The third-order valence-electron chi connectivity index (χ3n) is 2.77. The van der Waals surface area contributed by atoms with Crippen LogP contribution in [0.5, 0.6) is 0 Å². The van der Waals surface area contributed by atoms with Gasteiger partial charge in [-0.3, -0.25) is 4.99 Å². The molecule has 2 nitrogen and oxygen atoms in total. The number of hydrogen-bond donors (Lipinski definition) is 1. The van der Waals surface area contributed by atoms with E-state index in [1.54, 1.807) is 6.92 Å². The Bertz CT molecular complexity index is 450. The molecule has 1 aromatic carbocycles. The summed E-state index contributed by atoms with van der Waals surface area (Å²) >= 11 is 0. The molecule has 0 atom stereocenters. The highest BCUT2D eigenvalue weighted by Crippen LogP contribution is 2.30. The van der Waals surface area contributed by atoms with E-state index in [-0.39, 0.29) is 0 Å². The van der Waals surface area contributed by atoms with Crippen molar-refractivity contribution in [3.63, 3.8) is 0 Å². The molecule has 1 aromatic rings. The van der Waals surface area contributed by atoms with E-state index in [0.29, 0.717) is 12.0 Å². The average Bonchev–Trinajstić information content (AvgIpc) is 2.72. The smallest absolute Gasteiger partial charge is 0.372 e. The largest absolute Gasteiger partial charge is 0.416 e. The van der Waals surface area contributed by atoms with Crippen molar-refractivity contribution >= 4 is 5.84 Å². The number of amidine groups is 1. The van der Waals surface area contributed by atoms with Gasteiger partial charge in [0.1, 0.15) is 5.84 Å². The molecule has 0 spiro atoms. The Morgan fingerprint density at radius 3 is 2.65 bits per heavy atom. The molecule has 17 heavy (non-hydrogen) atoms. The number of nitrogens with zero attached hydrogens (tertiary/aromatic N) is 1. The standard InChI is InChI=1S/C12H13F3N2/c1-8-6-10(12(13,14)15)3-2-9(8)7-11-16-4-5-17-11/h2-3,6H,4-5,7H2,1H3,(H,16,17). The lowest BCUT2D eigenvalue weighted by Crippen LogP contribution is -2.21. The number of benzene rings is 1. The van der Waals surface area contributed by atoms with Gasteiger partial charge < -0.3 is 5.32 Å². The fraction of sp³-hybridized carbons (Fsp3) is 0.417. The van der Waals surface area contributed by atoms with Crippen LogP contribution in [0.15, 0.2) is 23.2 Å². The number of alkyl halides is 3. The maximum atomic E-state index is 12.5. The molecule has 0 saturated heterocycles.